The van der Waals surface area contributed by atoms with Gasteiger partial charge in [-0.2, -0.15) is 5.10 Å². The first-order valence-corrected chi connectivity index (χ1v) is 9.57. The van der Waals surface area contributed by atoms with Gasteiger partial charge in [-0.05, 0) is 24.6 Å². The fraction of sp³-hybridized carbons (Fsp3) is 0.176. The molecular formula is C17H14Cl4N4O4. The highest BCUT2D eigenvalue weighted by atomic mass is 35.5. The van der Waals surface area contributed by atoms with Crippen LogP contribution in [0.5, 0.6) is 0 Å². The lowest BCUT2D eigenvalue weighted by Crippen LogP contribution is -2.30. The smallest absolute Gasteiger partial charge is 0.314 e. The van der Waals surface area contributed by atoms with Crippen molar-refractivity contribution in [2.45, 2.75) is 13.3 Å². The Bertz CT molecular complexity index is 961. The lowest BCUT2D eigenvalue weighted by atomic mass is 10.1. The molecule has 0 aliphatic carbocycles. The Kier molecular flexibility index (Phi) is 7.92. The highest BCUT2D eigenvalue weighted by Gasteiger charge is 2.24. The van der Waals surface area contributed by atoms with E-state index in [0.29, 0.717) is 5.02 Å². The monoisotopic (exact) mass is 478 g/mol. The third-order valence-corrected chi connectivity index (χ3v) is 4.88. The molecule has 12 heteroatoms. The van der Waals surface area contributed by atoms with Gasteiger partial charge in [0.15, 0.2) is 0 Å². The Hall–Kier alpha value is -2.26. The molecule has 3 N–H and O–H groups in total. The average Bonchev–Trinajstić information content (AvgIpc) is 2.62. The standard InChI is InChI=1S/C17H14Cl4N4O4/c1-2-10(17(26)27)16(22-14-4-3-9(25(28)29)7-11(14)19)24-23-15-12(20)5-8(18)6-13(15)21/h3-7,10,23H,2H2,1H3,(H,22,24)(H,26,27). The number of non-ortho nitro benzene ring substituents is 1. The number of amidine groups is 1. The van der Waals surface area contributed by atoms with E-state index in [4.69, 9.17) is 46.4 Å². The SMILES string of the molecule is CCC(C(=O)O)C(=NNc1c(Cl)cc(Cl)cc1Cl)Nc1ccc([N+](=O)[O-])cc1Cl. The molecule has 2 aromatic rings. The number of carboxylic acids is 1. The molecule has 0 radical (unpaired) electrons. The molecule has 29 heavy (non-hydrogen) atoms. The minimum atomic E-state index is -1.13. The van der Waals surface area contributed by atoms with Gasteiger partial charge in [-0.15, -0.1) is 0 Å². The second-order valence-electron chi connectivity index (χ2n) is 5.70. The zero-order chi connectivity index (χ0) is 21.7. The quantitative estimate of drug-likeness (QED) is 0.189. The maximum atomic E-state index is 11.6. The van der Waals surface area contributed by atoms with Crippen molar-refractivity contribution in [1.82, 2.24) is 0 Å². The van der Waals surface area contributed by atoms with Crippen molar-refractivity contribution in [1.29, 1.82) is 0 Å². The predicted octanol–water partition coefficient (Wildman–Crippen LogP) is 6.16. The Morgan fingerprint density at radius 3 is 2.28 bits per heavy atom. The summed E-state index contributed by atoms with van der Waals surface area (Å²) in [7, 11) is 0. The number of rotatable bonds is 7. The van der Waals surface area contributed by atoms with Gasteiger partial charge in [0.1, 0.15) is 11.8 Å². The Labute approximate surface area is 185 Å². The summed E-state index contributed by atoms with van der Waals surface area (Å²) in [5.74, 6) is -2.16. The molecule has 0 aliphatic heterocycles. The van der Waals surface area contributed by atoms with Gasteiger partial charge in [0.2, 0.25) is 0 Å². The average molecular weight is 480 g/mol. The van der Waals surface area contributed by atoms with Crippen LogP contribution in [0.4, 0.5) is 17.1 Å². The molecule has 1 unspecified atom stereocenters. The summed E-state index contributed by atoms with van der Waals surface area (Å²) in [5.41, 5.74) is 2.90. The topological polar surface area (TPSA) is 117 Å². The molecule has 2 aromatic carbocycles. The van der Waals surface area contributed by atoms with Crippen molar-refractivity contribution in [3.63, 3.8) is 0 Å². The van der Waals surface area contributed by atoms with Crippen LogP contribution in [-0.4, -0.2) is 21.8 Å². The number of anilines is 2. The number of nitro groups is 1. The van der Waals surface area contributed by atoms with E-state index in [0.717, 1.165) is 6.07 Å². The van der Waals surface area contributed by atoms with E-state index in [1.807, 2.05) is 0 Å². The lowest BCUT2D eigenvalue weighted by molar-refractivity contribution is -0.384. The number of halogens is 4. The second-order valence-corrected chi connectivity index (χ2v) is 7.36. The Balaban J connectivity index is 2.42. The van der Waals surface area contributed by atoms with Crippen LogP contribution in [-0.2, 0) is 4.79 Å². The summed E-state index contributed by atoms with van der Waals surface area (Å²) >= 11 is 24.2. The largest absolute Gasteiger partial charge is 0.481 e. The van der Waals surface area contributed by atoms with Crippen LogP contribution in [0.1, 0.15) is 13.3 Å². The van der Waals surface area contributed by atoms with Gasteiger partial charge in [0, 0.05) is 17.2 Å². The van der Waals surface area contributed by atoms with Crippen LogP contribution in [0.3, 0.4) is 0 Å². The predicted molar refractivity (Wildman–Crippen MR) is 116 cm³/mol. The Morgan fingerprint density at radius 2 is 1.79 bits per heavy atom. The molecule has 0 spiro atoms. The molecule has 0 amide bonds. The first-order chi connectivity index (χ1) is 13.6. The van der Waals surface area contributed by atoms with Crippen molar-refractivity contribution in [3.05, 3.63) is 60.5 Å². The van der Waals surface area contributed by atoms with Crippen molar-refractivity contribution < 1.29 is 14.8 Å². The number of aliphatic carboxylic acids is 1. The molecule has 1 atom stereocenters. The van der Waals surface area contributed by atoms with Crippen molar-refractivity contribution >= 4 is 75.3 Å². The van der Waals surface area contributed by atoms with Gasteiger partial charge in [-0.3, -0.25) is 20.3 Å². The number of nitrogens with one attached hydrogen (secondary N) is 2. The van der Waals surface area contributed by atoms with E-state index in [1.54, 1.807) is 6.92 Å². The van der Waals surface area contributed by atoms with E-state index < -0.39 is 16.8 Å². The lowest BCUT2D eigenvalue weighted by Gasteiger charge is -2.17. The number of nitrogens with zero attached hydrogens (tertiary/aromatic N) is 2. The van der Waals surface area contributed by atoms with Crippen molar-refractivity contribution in [2.24, 2.45) is 11.0 Å². The van der Waals surface area contributed by atoms with Gasteiger partial charge < -0.3 is 10.4 Å². The number of hydrogen-bond acceptors (Lipinski definition) is 5. The minimum Gasteiger partial charge on any atom is -0.481 e. The van der Waals surface area contributed by atoms with E-state index >= 15 is 0 Å². The molecule has 0 fully saturated rings. The molecule has 0 aromatic heterocycles. The van der Waals surface area contributed by atoms with Crippen LogP contribution in [0.25, 0.3) is 0 Å². The molecule has 8 nitrogen and oxygen atoms in total. The molecule has 0 bridgehead atoms. The molecule has 154 valence electrons. The van der Waals surface area contributed by atoms with Crippen LogP contribution in [0.15, 0.2) is 35.4 Å². The van der Waals surface area contributed by atoms with Gasteiger partial charge in [0.25, 0.3) is 5.69 Å². The van der Waals surface area contributed by atoms with E-state index in [9.17, 15) is 20.0 Å². The van der Waals surface area contributed by atoms with E-state index in [2.05, 4.69) is 15.8 Å². The van der Waals surface area contributed by atoms with Crippen LogP contribution in [0.2, 0.25) is 20.1 Å². The summed E-state index contributed by atoms with van der Waals surface area (Å²) in [5, 5.41) is 28.0. The first-order valence-electron chi connectivity index (χ1n) is 8.06. The van der Waals surface area contributed by atoms with Gasteiger partial charge in [-0.1, -0.05) is 53.3 Å². The second kappa shape index (κ2) is 9.98. The third-order valence-electron chi connectivity index (χ3n) is 3.76. The zero-order valence-corrected chi connectivity index (χ0v) is 17.8. The molecule has 0 heterocycles. The molecule has 0 saturated heterocycles. The summed E-state index contributed by atoms with van der Waals surface area (Å²) < 4.78 is 0. The van der Waals surface area contributed by atoms with Crippen LogP contribution >= 0.6 is 46.4 Å². The molecular weight excluding hydrogens is 466 g/mol. The summed E-state index contributed by atoms with van der Waals surface area (Å²) in [6.07, 6.45) is 0.204. The number of hydrogen-bond donors (Lipinski definition) is 3. The molecule has 2 rings (SSSR count). The normalized spacial score (nSPS) is 12.4. The summed E-state index contributed by atoms with van der Waals surface area (Å²) in [6.45, 7) is 1.66. The fourth-order valence-electron chi connectivity index (χ4n) is 2.30. The van der Waals surface area contributed by atoms with E-state index in [1.165, 1.54) is 24.3 Å². The summed E-state index contributed by atoms with van der Waals surface area (Å²) in [4.78, 5) is 21.9. The number of benzene rings is 2. The fourth-order valence-corrected chi connectivity index (χ4v) is 3.42. The van der Waals surface area contributed by atoms with Crippen LogP contribution < -0.4 is 10.7 Å². The van der Waals surface area contributed by atoms with Gasteiger partial charge in [-0.25, -0.2) is 0 Å². The minimum absolute atomic E-state index is 0.00200. The Morgan fingerprint density at radius 1 is 1.17 bits per heavy atom. The van der Waals surface area contributed by atoms with Gasteiger partial charge in [0.05, 0.1) is 31.4 Å². The van der Waals surface area contributed by atoms with E-state index in [-0.39, 0.29) is 44.4 Å². The first kappa shape index (κ1) is 23.0. The zero-order valence-electron chi connectivity index (χ0n) is 14.7. The third kappa shape index (κ3) is 5.86. The highest BCUT2D eigenvalue weighted by molar-refractivity contribution is 6.41. The van der Waals surface area contributed by atoms with Crippen molar-refractivity contribution in [2.75, 3.05) is 10.7 Å². The number of hydrazone groups is 1. The summed E-state index contributed by atoms with van der Waals surface area (Å²) in [6, 6.07) is 6.62. The maximum Gasteiger partial charge on any atom is 0.314 e. The molecule has 0 aliphatic rings. The number of nitro benzene ring substituents is 1. The number of carboxylic acid groups (broad SMARTS) is 1. The van der Waals surface area contributed by atoms with Crippen molar-refractivity contribution in [3.8, 4) is 0 Å². The maximum absolute atomic E-state index is 11.6. The van der Waals surface area contributed by atoms with Gasteiger partial charge >= 0.3 is 5.97 Å². The highest BCUT2D eigenvalue weighted by Crippen LogP contribution is 2.34. The number of carbonyl (C=O) groups is 1. The molecule has 0 saturated carbocycles. The van der Waals surface area contributed by atoms with Crippen LogP contribution in [0, 0.1) is 16.0 Å².